The van der Waals surface area contributed by atoms with E-state index in [1.807, 2.05) is 0 Å². The van der Waals surface area contributed by atoms with Gasteiger partial charge < -0.3 is 5.73 Å². The van der Waals surface area contributed by atoms with E-state index in [0.29, 0.717) is 5.02 Å². The molecule has 0 heterocycles. The van der Waals surface area contributed by atoms with Gasteiger partial charge in [0.15, 0.2) is 0 Å². The Balaban J connectivity index is 3.12. The number of likely N-dealkylation sites (N-methyl/N-ethyl adjacent to an activating group) is 1. The van der Waals surface area contributed by atoms with Crippen LogP contribution < -0.4 is 5.73 Å². The molecule has 0 amide bonds. The molecule has 0 bridgehead atoms. The van der Waals surface area contributed by atoms with E-state index in [4.69, 9.17) is 17.3 Å². The summed E-state index contributed by atoms with van der Waals surface area (Å²) < 4.78 is 25.4. The second-order valence-corrected chi connectivity index (χ2v) is 6.00. The van der Waals surface area contributed by atoms with Crippen molar-refractivity contribution in [3.8, 4) is 0 Å². The number of nitrogens with zero attached hydrogens (tertiary/aromatic N) is 1. The van der Waals surface area contributed by atoms with E-state index in [1.54, 1.807) is 19.1 Å². The molecule has 6 heteroatoms. The summed E-state index contributed by atoms with van der Waals surface area (Å²) in [5.74, 6) is 0. The summed E-state index contributed by atoms with van der Waals surface area (Å²) in [5.41, 5.74) is 5.45. The maximum Gasteiger partial charge on any atom is 0.243 e. The van der Waals surface area contributed by atoms with Crippen LogP contribution in [-0.4, -0.2) is 32.4 Å². The number of rotatable bonds is 4. The van der Waals surface area contributed by atoms with Crippen molar-refractivity contribution in [1.82, 2.24) is 4.31 Å². The third kappa shape index (κ3) is 2.74. The van der Waals surface area contributed by atoms with Crippen LogP contribution in [0.1, 0.15) is 6.92 Å². The van der Waals surface area contributed by atoms with E-state index in [9.17, 15) is 8.42 Å². The maximum atomic E-state index is 12.1. The van der Waals surface area contributed by atoms with Gasteiger partial charge in [-0.25, -0.2) is 8.42 Å². The highest BCUT2D eigenvalue weighted by molar-refractivity contribution is 7.89. The van der Waals surface area contributed by atoms with Crippen molar-refractivity contribution in [2.45, 2.75) is 17.9 Å². The smallest absolute Gasteiger partial charge is 0.243 e. The lowest BCUT2D eigenvalue weighted by molar-refractivity contribution is 0.394. The largest absolute Gasteiger partial charge is 0.329 e. The van der Waals surface area contributed by atoms with Crippen molar-refractivity contribution >= 4 is 21.6 Å². The van der Waals surface area contributed by atoms with Gasteiger partial charge in [-0.1, -0.05) is 17.7 Å². The van der Waals surface area contributed by atoms with Crippen LogP contribution in [-0.2, 0) is 10.0 Å². The molecule has 1 aromatic rings. The lowest BCUT2D eigenvalue weighted by Gasteiger charge is -2.22. The van der Waals surface area contributed by atoms with E-state index in [2.05, 4.69) is 0 Å². The van der Waals surface area contributed by atoms with Crippen molar-refractivity contribution in [3.63, 3.8) is 0 Å². The molecule has 0 unspecified atom stereocenters. The van der Waals surface area contributed by atoms with Crippen molar-refractivity contribution in [3.05, 3.63) is 29.3 Å². The van der Waals surface area contributed by atoms with Crippen molar-refractivity contribution in [1.29, 1.82) is 0 Å². The van der Waals surface area contributed by atoms with Gasteiger partial charge in [0.1, 0.15) is 0 Å². The first kappa shape index (κ1) is 13.4. The Morgan fingerprint density at radius 2 is 2.12 bits per heavy atom. The Morgan fingerprint density at radius 3 is 2.62 bits per heavy atom. The molecular weight excluding hydrogens is 248 g/mol. The molecule has 0 fully saturated rings. The Hall–Kier alpha value is -0.620. The first-order valence-electron chi connectivity index (χ1n) is 4.83. The molecule has 1 aromatic carbocycles. The van der Waals surface area contributed by atoms with E-state index < -0.39 is 10.0 Å². The second kappa shape index (κ2) is 5.14. The molecular formula is C10H15ClN2O2S. The SMILES string of the molecule is C[C@H](CN)N(C)S(=O)(=O)c1cccc(Cl)c1. The van der Waals surface area contributed by atoms with Crippen LogP contribution in [0.3, 0.4) is 0 Å². The van der Waals surface area contributed by atoms with E-state index >= 15 is 0 Å². The second-order valence-electron chi connectivity index (χ2n) is 3.56. The van der Waals surface area contributed by atoms with Crippen LogP contribution in [0.5, 0.6) is 0 Å². The fourth-order valence-corrected chi connectivity index (χ4v) is 2.85. The van der Waals surface area contributed by atoms with Crippen LogP contribution in [0, 0.1) is 0 Å². The zero-order chi connectivity index (χ0) is 12.3. The molecule has 90 valence electrons. The average Bonchev–Trinajstić information content (AvgIpc) is 2.27. The fraction of sp³-hybridized carbons (Fsp3) is 0.400. The van der Waals surface area contributed by atoms with Crippen molar-refractivity contribution in [2.24, 2.45) is 5.73 Å². The minimum Gasteiger partial charge on any atom is -0.329 e. The van der Waals surface area contributed by atoms with Crippen LogP contribution in [0.25, 0.3) is 0 Å². The van der Waals surface area contributed by atoms with E-state index in [-0.39, 0.29) is 17.5 Å². The molecule has 4 nitrogen and oxygen atoms in total. The lowest BCUT2D eigenvalue weighted by atomic mass is 10.4. The molecule has 0 aliphatic heterocycles. The molecule has 0 saturated carbocycles. The highest BCUT2D eigenvalue weighted by atomic mass is 35.5. The van der Waals surface area contributed by atoms with E-state index in [0.717, 1.165) is 0 Å². The standard InChI is InChI=1S/C10H15ClN2O2S/c1-8(7-12)13(2)16(14,15)10-5-3-4-9(11)6-10/h3-6,8H,7,12H2,1-2H3/t8-/m1/s1. The van der Waals surface area contributed by atoms with Crippen LogP contribution >= 0.6 is 11.6 Å². The van der Waals surface area contributed by atoms with Crippen LogP contribution in [0.2, 0.25) is 5.02 Å². The number of halogens is 1. The van der Waals surface area contributed by atoms with Gasteiger partial charge >= 0.3 is 0 Å². The molecule has 1 rings (SSSR count). The molecule has 0 aromatic heterocycles. The number of nitrogens with two attached hydrogens (primary N) is 1. The highest BCUT2D eigenvalue weighted by Crippen LogP contribution is 2.19. The predicted molar refractivity (Wildman–Crippen MR) is 64.9 cm³/mol. The molecule has 2 N–H and O–H groups in total. The minimum absolute atomic E-state index is 0.183. The van der Waals surface area contributed by atoms with Crippen molar-refractivity contribution < 1.29 is 8.42 Å². The Bertz CT molecular complexity index is 462. The topological polar surface area (TPSA) is 63.4 Å². The predicted octanol–water partition coefficient (Wildman–Crippen LogP) is 1.31. The Labute approximate surface area is 101 Å². The molecule has 0 aliphatic carbocycles. The number of benzene rings is 1. The summed E-state index contributed by atoms with van der Waals surface area (Å²) >= 11 is 5.76. The first-order chi connectivity index (χ1) is 7.39. The normalized spacial score (nSPS) is 14.1. The summed E-state index contributed by atoms with van der Waals surface area (Å²) in [4.78, 5) is 0.183. The fourth-order valence-electron chi connectivity index (χ4n) is 1.18. The third-order valence-corrected chi connectivity index (χ3v) is 4.64. The van der Waals surface area contributed by atoms with Crippen molar-refractivity contribution in [2.75, 3.05) is 13.6 Å². The average molecular weight is 263 g/mol. The van der Waals surface area contributed by atoms with Crippen LogP contribution in [0.15, 0.2) is 29.2 Å². The molecule has 0 aliphatic rings. The van der Waals surface area contributed by atoms with Gasteiger partial charge in [-0.05, 0) is 25.1 Å². The van der Waals surface area contributed by atoms with Gasteiger partial charge in [-0.2, -0.15) is 4.31 Å². The van der Waals surface area contributed by atoms with Crippen LogP contribution in [0.4, 0.5) is 0 Å². The Kier molecular flexibility index (Phi) is 4.32. The zero-order valence-electron chi connectivity index (χ0n) is 9.22. The summed E-state index contributed by atoms with van der Waals surface area (Å²) in [6, 6.07) is 5.93. The summed E-state index contributed by atoms with van der Waals surface area (Å²) in [7, 11) is -2.00. The quantitative estimate of drug-likeness (QED) is 0.890. The molecule has 0 radical (unpaired) electrons. The Morgan fingerprint density at radius 1 is 1.50 bits per heavy atom. The zero-order valence-corrected chi connectivity index (χ0v) is 10.8. The van der Waals surface area contributed by atoms with Gasteiger partial charge in [-0.3, -0.25) is 0 Å². The third-order valence-electron chi connectivity index (χ3n) is 2.43. The molecule has 0 spiro atoms. The number of sulfonamides is 1. The number of hydrogen-bond acceptors (Lipinski definition) is 3. The van der Waals surface area contributed by atoms with Gasteiger partial charge in [0, 0.05) is 24.7 Å². The number of hydrogen-bond donors (Lipinski definition) is 1. The van der Waals surface area contributed by atoms with Gasteiger partial charge in [0.25, 0.3) is 0 Å². The molecule has 1 atom stereocenters. The summed E-state index contributed by atoms with van der Waals surface area (Å²) in [6.45, 7) is 2.03. The van der Waals surface area contributed by atoms with E-state index in [1.165, 1.54) is 23.5 Å². The first-order valence-corrected chi connectivity index (χ1v) is 6.65. The summed E-state index contributed by atoms with van der Waals surface area (Å²) in [5, 5.41) is 0.398. The van der Waals surface area contributed by atoms with Gasteiger partial charge in [-0.15, -0.1) is 0 Å². The maximum absolute atomic E-state index is 12.1. The summed E-state index contributed by atoms with van der Waals surface area (Å²) in [6.07, 6.45) is 0. The van der Waals surface area contributed by atoms with Gasteiger partial charge in [0.2, 0.25) is 10.0 Å². The minimum atomic E-state index is -3.50. The highest BCUT2D eigenvalue weighted by Gasteiger charge is 2.24. The lowest BCUT2D eigenvalue weighted by Crippen LogP contribution is -2.39. The monoisotopic (exact) mass is 262 g/mol. The molecule has 16 heavy (non-hydrogen) atoms. The van der Waals surface area contributed by atoms with Gasteiger partial charge in [0.05, 0.1) is 4.90 Å². The molecule has 0 saturated heterocycles.